The second-order valence-corrected chi connectivity index (χ2v) is 8.87. The Labute approximate surface area is 135 Å². The van der Waals surface area contributed by atoms with Gasteiger partial charge in [0.2, 0.25) is 0 Å². The van der Waals surface area contributed by atoms with Crippen LogP contribution in [0, 0.1) is 0 Å². The third-order valence-corrected chi connectivity index (χ3v) is 6.62. The van der Waals surface area contributed by atoms with Gasteiger partial charge in [0.15, 0.2) is 9.84 Å². The molecular formula is C16H19NO3S2. The molecule has 1 aliphatic heterocycles. The van der Waals surface area contributed by atoms with Crippen molar-refractivity contribution in [3.63, 3.8) is 0 Å². The van der Waals surface area contributed by atoms with E-state index >= 15 is 0 Å². The third-order valence-electron chi connectivity index (χ3n) is 3.71. The van der Waals surface area contributed by atoms with E-state index in [2.05, 4.69) is 11.4 Å². The van der Waals surface area contributed by atoms with E-state index in [4.69, 9.17) is 4.74 Å². The fourth-order valence-electron chi connectivity index (χ4n) is 2.61. The normalized spacial score (nSPS) is 18.3. The molecule has 0 aliphatic carbocycles. The Morgan fingerprint density at radius 2 is 2.09 bits per heavy atom. The van der Waals surface area contributed by atoms with Gasteiger partial charge < -0.3 is 10.1 Å². The molecular weight excluding hydrogens is 318 g/mol. The first-order valence-corrected chi connectivity index (χ1v) is 9.99. The average molecular weight is 337 g/mol. The molecule has 0 spiro atoms. The van der Waals surface area contributed by atoms with Crippen LogP contribution < -0.4 is 10.1 Å². The fourth-order valence-corrected chi connectivity index (χ4v) is 4.54. The molecule has 1 aromatic heterocycles. The predicted octanol–water partition coefficient (Wildman–Crippen LogP) is 3.16. The first-order chi connectivity index (χ1) is 10.5. The van der Waals surface area contributed by atoms with Crippen molar-refractivity contribution >= 4 is 21.2 Å². The van der Waals surface area contributed by atoms with E-state index in [-0.39, 0.29) is 6.04 Å². The number of nitrogens with one attached hydrogen (secondary N) is 1. The summed E-state index contributed by atoms with van der Waals surface area (Å²) in [5.41, 5.74) is 1.18. The predicted molar refractivity (Wildman–Crippen MR) is 88.2 cm³/mol. The molecule has 6 heteroatoms. The Morgan fingerprint density at radius 3 is 2.86 bits per heavy atom. The summed E-state index contributed by atoms with van der Waals surface area (Å²) in [6.45, 7) is 1.41. The Kier molecular flexibility index (Phi) is 4.52. The standard InChI is InChI=1S/C16H19NO3S2/c1-22(18,19)16-9-8-12(21-16)11-17-14-6-4-10-20-15-7-3-2-5-13(14)15/h2-3,5,7-9,14,17H,4,6,10-11H2,1H3/t14-/m0/s1. The first-order valence-electron chi connectivity index (χ1n) is 7.28. The van der Waals surface area contributed by atoms with Crippen LogP contribution >= 0.6 is 11.3 Å². The van der Waals surface area contributed by atoms with Gasteiger partial charge in [-0.2, -0.15) is 0 Å². The molecule has 1 atom stereocenters. The van der Waals surface area contributed by atoms with E-state index in [9.17, 15) is 8.42 Å². The molecule has 1 aromatic carbocycles. The van der Waals surface area contributed by atoms with Gasteiger partial charge in [-0.3, -0.25) is 0 Å². The van der Waals surface area contributed by atoms with E-state index < -0.39 is 9.84 Å². The number of benzene rings is 1. The number of ether oxygens (including phenoxy) is 1. The van der Waals surface area contributed by atoms with Crippen molar-refractivity contribution in [1.82, 2.24) is 5.32 Å². The molecule has 4 nitrogen and oxygen atoms in total. The smallest absolute Gasteiger partial charge is 0.184 e. The molecule has 0 unspecified atom stereocenters. The van der Waals surface area contributed by atoms with Crippen LogP contribution in [0.2, 0.25) is 0 Å². The maximum absolute atomic E-state index is 11.5. The Morgan fingerprint density at radius 1 is 1.27 bits per heavy atom. The van der Waals surface area contributed by atoms with Gasteiger partial charge in [0, 0.05) is 29.3 Å². The van der Waals surface area contributed by atoms with Crippen LogP contribution in [0.3, 0.4) is 0 Å². The second kappa shape index (κ2) is 6.40. The molecule has 0 fully saturated rings. The van der Waals surface area contributed by atoms with Gasteiger partial charge in [-0.15, -0.1) is 11.3 Å². The Bertz CT molecular complexity index is 752. The maximum Gasteiger partial charge on any atom is 0.184 e. The maximum atomic E-state index is 11.5. The minimum atomic E-state index is -3.11. The quantitative estimate of drug-likeness (QED) is 0.931. The number of fused-ring (bicyclic) bond motifs is 1. The summed E-state index contributed by atoms with van der Waals surface area (Å²) in [4.78, 5) is 1.03. The number of rotatable bonds is 4. The summed E-state index contributed by atoms with van der Waals surface area (Å²) >= 11 is 1.33. The highest BCUT2D eigenvalue weighted by Crippen LogP contribution is 2.31. The van der Waals surface area contributed by atoms with E-state index in [0.29, 0.717) is 10.8 Å². The number of sulfone groups is 1. The molecule has 0 radical (unpaired) electrons. The highest BCUT2D eigenvalue weighted by Gasteiger charge is 2.19. The number of thiophene rings is 1. The van der Waals surface area contributed by atoms with Crippen molar-refractivity contribution in [2.45, 2.75) is 29.6 Å². The highest BCUT2D eigenvalue weighted by atomic mass is 32.2. The van der Waals surface area contributed by atoms with Crippen LogP contribution in [-0.2, 0) is 16.4 Å². The average Bonchev–Trinajstić information content (AvgIpc) is 2.87. The van der Waals surface area contributed by atoms with Crippen molar-refractivity contribution < 1.29 is 13.2 Å². The zero-order valence-corrected chi connectivity index (χ0v) is 14.0. The van der Waals surface area contributed by atoms with Crippen molar-refractivity contribution in [3.05, 3.63) is 46.8 Å². The van der Waals surface area contributed by atoms with Crippen LogP contribution in [0.25, 0.3) is 0 Å². The summed E-state index contributed by atoms with van der Waals surface area (Å²) in [7, 11) is -3.11. The zero-order chi connectivity index (χ0) is 15.6. The van der Waals surface area contributed by atoms with Gasteiger partial charge in [-0.05, 0) is 31.0 Å². The number of hydrogen-bond acceptors (Lipinski definition) is 5. The zero-order valence-electron chi connectivity index (χ0n) is 12.4. The van der Waals surface area contributed by atoms with Crippen LogP contribution in [0.1, 0.15) is 29.3 Å². The lowest BCUT2D eigenvalue weighted by atomic mass is 10.0. The molecule has 0 bridgehead atoms. The monoisotopic (exact) mass is 337 g/mol. The summed E-state index contributed by atoms with van der Waals surface area (Å²) in [5.74, 6) is 0.945. The van der Waals surface area contributed by atoms with E-state index in [0.717, 1.165) is 30.1 Å². The van der Waals surface area contributed by atoms with Crippen LogP contribution in [-0.4, -0.2) is 21.3 Å². The topological polar surface area (TPSA) is 55.4 Å². The molecule has 2 heterocycles. The van der Waals surface area contributed by atoms with E-state index in [1.54, 1.807) is 6.07 Å². The van der Waals surface area contributed by atoms with Gasteiger partial charge in [0.05, 0.1) is 6.61 Å². The molecule has 0 saturated heterocycles. The van der Waals surface area contributed by atoms with Crippen LogP contribution in [0.15, 0.2) is 40.6 Å². The van der Waals surface area contributed by atoms with Crippen LogP contribution in [0.4, 0.5) is 0 Å². The first kappa shape index (κ1) is 15.5. The second-order valence-electron chi connectivity index (χ2n) is 5.45. The lowest BCUT2D eigenvalue weighted by Gasteiger charge is -2.17. The molecule has 22 heavy (non-hydrogen) atoms. The third kappa shape index (κ3) is 3.51. The lowest BCUT2D eigenvalue weighted by Crippen LogP contribution is -2.20. The highest BCUT2D eigenvalue weighted by molar-refractivity contribution is 7.92. The minimum Gasteiger partial charge on any atom is -0.493 e. The summed E-state index contributed by atoms with van der Waals surface area (Å²) in [5, 5.41) is 3.53. The molecule has 118 valence electrons. The SMILES string of the molecule is CS(=O)(=O)c1ccc(CN[C@H]2CCCOc3ccccc32)s1. The molecule has 0 amide bonds. The van der Waals surface area contributed by atoms with Gasteiger partial charge in [-0.1, -0.05) is 18.2 Å². The van der Waals surface area contributed by atoms with Crippen LogP contribution in [0.5, 0.6) is 5.75 Å². The number of para-hydroxylation sites is 1. The van der Waals surface area contributed by atoms with Gasteiger partial charge >= 0.3 is 0 Å². The van der Waals surface area contributed by atoms with Gasteiger partial charge in [0.1, 0.15) is 9.96 Å². The van der Waals surface area contributed by atoms with Crippen molar-refractivity contribution in [1.29, 1.82) is 0 Å². The molecule has 1 N–H and O–H groups in total. The largest absolute Gasteiger partial charge is 0.493 e. The van der Waals surface area contributed by atoms with Crippen molar-refractivity contribution in [2.75, 3.05) is 12.9 Å². The Balaban J connectivity index is 1.72. The molecule has 0 saturated carbocycles. The summed E-state index contributed by atoms with van der Waals surface area (Å²) in [6.07, 6.45) is 3.27. The van der Waals surface area contributed by atoms with E-state index in [1.807, 2.05) is 24.3 Å². The molecule has 2 aromatic rings. The summed E-state index contributed by atoms with van der Waals surface area (Å²) < 4.78 is 29.3. The number of hydrogen-bond donors (Lipinski definition) is 1. The fraction of sp³-hybridized carbons (Fsp3) is 0.375. The molecule has 3 rings (SSSR count). The lowest BCUT2D eigenvalue weighted by molar-refractivity contribution is 0.315. The van der Waals surface area contributed by atoms with Crippen molar-refractivity contribution in [2.24, 2.45) is 0 Å². The minimum absolute atomic E-state index is 0.238. The van der Waals surface area contributed by atoms with Gasteiger partial charge in [0.25, 0.3) is 0 Å². The summed E-state index contributed by atoms with van der Waals surface area (Å²) in [6, 6.07) is 11.9. The Hall–Kier alpha value is -1.37. The van der Waals surface area contributed by atoms with Crippen molar-refractivity contribution in [3.8, 4) is 5.75 Å². The van der Waals surface area contributed by atoms with Gasteiger partial charge in [-0.25, -0.2) is 8.42 Å². The van der Waals surface area contributed by atoms with E-state index in [1.165, 1.54) is 23.2 Å². The molecule has 1 aliphatic rings.